The van der Waals surface area contributed by atoms with E-state index in [9.17, 15) is 15.3 Å². The standard InChI is InChI=1S/C11H25NO5/c1-3-4-5-12(2)6-8(14)10(16)11(17)9(15)7-13/h8-11,13-17H,3-7H2,1-2H3/t8-,9+,10+,11+/m0/s1. The van der Waals surface area contributed by atoms with Crippen molar-refractivity contribution < 1.29 is 25.5 Å². The lowest BCUT2D eigenvalue weighted by Gasteiger charge is -2.28. The van der Waals surface area contributed by atoms with Crippen LogP contribution >= 0.6 is 0 Å². The molecule has 0 heterocycles. The molecule has 0 aliphatic carbocycles. The molecule has 6 heteroatoms. The number of aliphatic hydroxyl groups excluding tert-OH is 5. The second-order valence-corrected chi connectivity index (χ2v) is 4.41. The Bertz CT molecular complexity index is 193. The molecule has 0 spiro atoms. The second-order valence-electron chi connectivity index (χ2n) is 4.41. The van der Waals surface area contributed by atoms with Gasteiger partial charge in [-0.3, -0.25) is 0 Å². The van der Waals surface area contributed by atoms with Crippen molar-refractivity contribution in [3.63, 3.8) is 0 Å². The monoisotopic (exact) mass is 251 g/mol. The van der Waals surface area contributed by atoms with E-state index in [2.05, 4.69) is 6.92 Å². The fraction of sp³-hybridized carbons (Fsp3) is 1.00. The SMILES string of the molecule is CCCCN(C)C[C@H](O)[C@@H](O)[C@H](O)[C@H](O)CO. The molecule has 0 bridgehead atoms. The molecule has 0 aliphatic rings. The van der Waals surface area contributed by atoms with Crippen LogP contribution in [0.5, 0.6) is 0 Å². The molecule has 0 aromatic rings. The lowest BCUT2D eigenvalue weighted by Crippen LogP contribution is -2.49. The first kappa shape index (κ1) is 16.8. The average molecular weight is 251 g/mol. The number of unbranched alkanes of at least 4 members (excludes halogenated alkanes) is 1. The topological polar surface area (TPSA) is 104 Å². The zero-order chi connectivity index (χ0) is 13.4. The Balaban J connectivity index is 4.07. The first-order chi connectivity index (χ1) is 7.93. The van der Waals surface area contributed by atoms with E-state index in [1.165, 1.54) is 0 Å². The maximum atomic E-state index is 9.66. The van der Waals surface area contributed by atoms with Crippen LogP contribution in [0.1, 0.15) is 19.8 Å². The molecule has 0 amide bonds. The Morgan fingerprint density at radius 3 is 2.00 bits per heavy atom. The third kappa shape index (κ3) is 6.30. The predicted octanol–water partition coefficient (Wildman–Crippen LogP) is -1.85. The Labute approximate surface area is 102 Å². The molecule has 104 valence electrons. The minimum Gasteiger partial charge on any atom is -0.394 e. The Morgan fingerprint density at radius 1 is 1.00 bits per heavy atom. The first-order valence-electron chi connectivity index (χ1n) is 5.95. The maximum Gasteiger partial charge on any atom is 0.111 e. The molecule has 6 nitrogen and oxygen atoms in total. The van der Waals surface area contributed by atoms with Crippen LogP contribution in [0.4, 0.5) is 0 Å². The second kappa shape index (κ2) is 8.79. The summed E-state index contributed by atoms with van der Waals surface area (Å²) in [5, 5.41) is 46.4. The average Bonchev–Trinajstić information content (AvgIpc) is 2.33. The van der Waals surface area contributed by atoms with Gasteiger partial charge >= 0.3 is 0 Å². The van der Waals surface area contributed by atoms with Gasteiger partial charge in [0.2, 0.25) is 0 Å². The van der Waals surface area contributed by atoms with E-state index in [1.54, 1.807) is 7.05 Å². The quantitative estimate of drug-likeness (QED) is 0.330. The summed E-state index contributed by atoms with van der Waals surface area (Å²) in [4.78, 5) is 1.84. The van der Waals surface area contributed by atoms with Gasteiger partial charge in [-0.25, -0.2) is 0 Å². The minimum atomic E-state index is -1.55. The van der Waals surface area contributed by atoms with Crippen molar-refractivity contribution in [2.24, 2.45) is 0 Å². The summed E-state index contributed by atoms with van der Waals surface area (Å²) in [7, 11) is 1.81. The van der Waals surface area contributed by atoms with Crippen molar-refractivity contribution in [2.45, 2.75) is 44.2 Å². The minimum absolute atomic E-state index is 0.205. The van der Waals surface area contributed by atoms with Gasteiger partial charge in [0, 0.05) is 6.54 Å². The Morgan fingerprint density at radius 2 is 1.53 bits per heavy atom. The predicted molar refractivity (Wildman–Crippen MR) is 63.5 cm³/mol. The van der Waals surface area contributed by atoms with Crippen molar-refractivity contribution in [1.82, 2.24) is 4.90 Å². The summed E-state index contributed by atoms with van der Waals surface area (Å²) in [5.41, 5.74) is 0. The molecule has 0 aromatic carbocycles. The van der Waals surface area contributed by atoms with Gasteiger partial charge in [-0.2, -0.15) is 0 Å². The molecular formula is C11H25NO5. The molecule has 0 aliphatic heterocycles. The molecular weight excluding hydrogens is 226 g/mol. The number of rotatable bonds is 9. The normalized spacial score (nSPS) is 19.1. The van der Waals surface area contributed by atoms with Crippen molar-refractivity contribution in [2.75, 3.05) is 26.7 Å². The molecule has 4 atom stereocenters. The zero-order valence-electron chi connectivity index (χ0n) is 10.5. The summed E-state index contributed by atoms with van der Waals surface area (Å²) in [6, 6.07) is 0. The highest BCUT2D eigenvalue weighted by Crippen LogP contribution is 2.06. The highest BCUT2D eigenvalue weighted by molar-refractivity contribution is 4.81. The van der Waals surface area contributed by atoms with Crippen molar-refractivity contribution in [3.8, 4) is 0 Å². The van der Waals surface area contributed by atoms with Gasteiger partial charge in [0.25, 0.3) is 0 Å². The van der Waals surface area contributed by atoms with Crippen LogP contribution in [0.15, 0.2) is 0 Å². The van der Waals surface area contributed by atoms with E-state index in [-0.39, 0.29) is 6.54 Å². The van der Waals surface area contributed by atoms with Gasteiger partial charge in [0.05, 0.1) is 12.7 Å². The van der Waals surface area contributed by atoms with Crippen molar-refractivity contribution >= 4 is 0 Å². The van der Waals surface area contributed by atoms with Gasteiger partial charge in [0.1, 0.15) is 18.3 Å². The molecule has 0 rings (SSSR count). The molecule has 5 N–H and O–H groups in total. The number of hydrogen-bond acceptors (Lipinski definition) is 6. The van der Waals surface area contributed by atoms with Crippen LogP contribution in [0.3, 0.4) is 0 Å². The molecule has 0 saturated heterocycles. The first-order valence-corrected chi connectivity index (χ1v) is 5.95. The van der Waals surface area contributed by atoms with E-state index in [4.69, 9.17) is 10.2 Å². The number of nitrogens with zero attached hydrogens (tertiary/aromatic N) is 1. The van der Waals surface area contributed by atoms with Crippen molar-refractivity contribution in [1.29, 1.82) is 0 Å². The molecule has 17 heavy (non-hydrogen) atoms. The lowest BCUT2D eigenvalue weighted by molar-refractivity contribution is -0.118. The number of likely N-dealkylation sites (N-methyl/N-ethyl adjacent to an activating group) is 1. The molecule has 0 fully saturated rings. The Kier molecular flexibility index (Phi) is 8.67. The smallest absolute Gasteiger partial charge is 0.111 e. The van der Waals surface area contributed by atoms with Gasteiger partial charge in [-0.1, -0.05) is 13.3 Å². The zero-order valence-corrected chi connectivity index (χ0v) is 10.5. The number of aliphatic hydroxyl groups is 5. The highest BCUT2D eigenvalue weighted by Gasteiger charge is 2.30. The van der Waals surface area contributed by atoms with E-state index >= 15 is 0 Å². The van der Waals surface area contributed by atoms with Gasteiger partial charge < -0.3 is 30.4 Å². The lowest BCUT2D eigenvalue weighted by atomic mass is 10.0. The third-order valence-corrected chi connectivity index (χ3v) is 2.72. The highest BCUT2D eigenvalue weighted by atomic mass is 16.4. The van der Waals surface area contributed by atoms with Crippen LogP contribution in [0, 0.1) is 0 Å². The largest absolute Gasteiger partial charge is 0.394 e. The van der Waals surface area contributed by atoms with E-state index in [0.717, 1.165) is 19.4 Å². The van der Waals surface area contributed by atoms with Crippen LogP contribution in [-0.4, -0.2) is 81.6 Å². The van der Waals surface area contributed by atoms with Crippen molar-refractivity contribution in [3.05, 3.63) is 0 Å². The summed E-state index contributed by atoms with van der Waals surface area (Å²) >= 11 is 0. The summed E-state index contributed by atoms with van der Waals surface area (Å²) in [6.07, 6.45) is -3.60. The van der Waals surface area contributed by atoms with Crippen LogP contribution in [0.2, 0.25) is 0 Å². The number of hydrogen-bond donors (Lipinski definition) is 5. The molecule has 0 saturated carbocycles. The van der Waals surface area contributed by atoms with Gasteiger partial charge in [-0.15, -0.1) is 0 Å². The van der Waals surface area contributed by atoms with Gasteiger partial charge in [-0.05, 0) is 20.0 Å². The van der Waals surface area contributed by atoms with Gasteiger partial charge in [0.15, 0.2) is 0 Å². The van der Waals surface area contributed by atoms with E-state index in [1.807, 2.05) is 4.90 Å². The fourth-order valence-corrected chi connectivity index (χ4v) is 1.51. The maximum absolute atomic E-state index is 9.66. The molecule has 0 unspecified atom stereocenters. The third-order valence-electron chi connectivity index (χ3n) is 2.72. The summed E-state index contributed by atoms with van der Waals surface area (Å²) < 4.78 is 0. The van der Waals surface area contributed by atoms with Crippen LogP contribution in [0.25, 0.3) is 0 Å². The summed E-state index contributed by atoms with van der Waals surface area (Å²) in [6.45, 7) is 2.40. The fourth-order valence-electron chi connectivity index (χ4n) is 1.51. The molecule has 0 aromatic heterocycles. The Hall–Kier alpha value is -0.240. The van der Waals surface area contributed by atoms with E-state index in [0.29, 0.717) is 0 Å². The van der Waals surface area contributed by atoms with E-state index < -0.39 is 31.0 Å². The summed E-state index contributed by atoms with van der Waals surface area (Å²) in [5.74, 6) is 0. The van der Waals surface area contributed by atoms with Crippen LogP contribution < -0.4 is 0 Å². The molecule has 0 radical (unpaired) electrons. The van der Waals surface area contributed by atoms with Crippen LogP contribution in [-0.2, 0) is 0 Å².